The quantitative estimate of drug-likeness (QED) is 0.644. The van der Waals surface area contributed by atoms with Gasteiger partial charge in [-0.15, -0.1) is 0 Å². The van der Waals surface area contributed by atoms with Gasteiger partial charge in [-0.1, -0.05) is 6.92 Å². The van der Waals surface area contributed by atoms with Crippen molar-refractivity contribution in [2.45, 2.75) is 13.1 Å². The molecule has 90 valence electrons. The summed E-state index contributed by atoms with van der Waals surface area (Å²) in [5.74, 6) is -2.28. The number of benzene rings is 1. The number of nitrogens with zero attached hydrogens (tertiary/aromatic N) is 1. The zero-order chi connectivity index (χ0) is 12.8. The molecule has 2 nitrogen and oxygen atoms in total. The van der Waals surface area contributed by atoms with Gasteiger partial charge in [-0.2, -0.15) is 13.2 Å². The highest BCUT2D eigenvalue weighted by Crippen LogP contribution is 2.40. The lowest BCUT2D eigenvalue weighted by atomic mass is 9.93. The first kappa shape index (κ1) is 11.8. The number of hydrogen-bond acceptors (Lipinski definition) is 2. The van der Waals surface area contributed by atoms with Crippen LogP contribution in [0.2, 0.25) is 0 Å². The minimum atomic E-state index is -4.73. The Labute approximate surface area is 94.0 Å². The van der Waals surface area contributed by atoms with Crippen molar-refractivity contribution in [3.8, 4) is 0 Å². The van der Waals surface area contributed by atoms with E-state index >= 15 is 0 Å². The van der Waals surface area contributed by atoms with Crippen LogP contribution in [0.5, 0.6) is 0 Å². The summed E-state index contributed by atoms with van der Waals surface area (Å²) in [4.78, 5) is 15.2. The van der Waals surface area contributed by atoms with Crippen LogP contribution >= 0.6 is 0 Å². The van der Waals surface area contributed by atoms with Gasteiger partial charge in [0.15, 0.2) is 5.78 Å². The first-order chi connectivity index (χ1) is 7.80. The van der Waals surface area contributed by atoms with Gasteiger partial charge < -0.3 is 0 Å². The number of fused-ring (bicyclic) bond motifs is 1. The van der Waals surface area contributed by atoms with Crippen molar-refractivity contribution >= 4 is 17.7 Å². The molecule has 1 aliphatic heterocycles. The highest BCUT2D eigenvalue weighted by Gasteiger charge is 2.37. The predicted octanol–water partition coefficient (Wildman–Crippen LogP) is 3.38. The Balaban J connectivity index is 2.72. The molecule has 6 heteroatoms. The van der Waals surface area contributed by atoms with E-state index in [1.54, 1.807) is 0 Å². The maximum absolute atomic E-state index is 13.1. The summed E-state index contributed by atoms with van der Waals surface area (Å²) in [5.41, 5.74) is -2.03. The fourth-order valence-corrected chi connectivity index (χ4v) is 1.64. The van der Waals surface area contributed by atoms with Crippen molar-refractivity contribution in [3.05, 3.63) is 29.1 Å². The average Bonchev–Trinajstić information content (AvgIpc) is 2.22. The minimum Gasteiger partial charge on any atom is -0.293 e. The fourth-order valence-electron chi connectivity index (χ4n) is 1.64. The van der Waals surface area contributed by atoms with E-state index in [4.69, 9.17) is 0 Å². The molecular weight excluding hydrogens is 238 g/mol. The second-order valence-electron chi connectivity index (χ2n) is 3.78. The molecule has 0 bridgehead atoms. The van der Waals surface area contributed by atoms with Crippen LogP contribution in [0.1, 0.15) is 22.8 Å². The van der Waals surface area contributed by atoms with Crippen molar-refractivity contribution in [2.24, 2.45) is 10.9 Å². The van der Waals surface area contributed by atoms with Crippen LogP contribution in [0, 0.1) is 11.7 Å². The Bertz CT molecular complexity index is 519. The van der Waals surface area contributed by atoms with Gasteiger partial charge in [-0.25, -0.2) is 4.39 Å². The van der Waals surface area contributed by atoms with E-state index in [0.29, 0.717) is 6.07 Å². The molecule has 1 aliphatic rings. The maximum Gasteiger partial charge on any atom is 0.418 e. The van der Waals surface area contributed by atoms with Gasteiger partial charge in [-0.05, 0) is 12.1 Å². The maximum atomic E-state index is 13.1. The topological polar surface area (TPSA) is 29.4 Å². The molecule has 0 aromatic heterocycles. The van der Waals surface area contributed by atoms with Crippen molar-refractivity contribution in [1.29, 1.82) is 0 Å². The van der Waals surface area contributed by atoms with E-state index in [2.05, 4.69) is 4.99 Å². The van der Waals surface area contributed by atoms with E-state index in [-0.39, 0.29) is 5.56 Å². The van der Waals surface area contributed by atoms with Crippen LogP contribution in [0.4, 0.5) is 23.2 Å². The Morgan fingerprint density at radius 3 is 2.53 bits per heavy atom. The Kier molecular flexibility index (Phi) is 2.52. The van der Waals surface area contributed by atoms with Crippen molar-refractivity contribution in [2.75, 3.05) is 0 Å². The van der Waals surface area contributed by atoms with E-state index < -0.39 is 34.9 Å². The van der Waals surface area contributed by atoms with Crippen LogP contribution in [0.15, 0.2) is 17.1 Å². The molecule has 1 heterocycles. The van der Waals surface area contributed by atoms with E-state index in [0.717, 1.165) is 12.3 Å². The molecule has 0 saturated heterocycles. The molecule has 2 rings (SSSR count). The average molecular weight is 245 g/mol. The van der Waals surface area contributed by atoms with Crippen molar-refractivity contribution in [1.82, 2.24) is 0 Å². The Morgan fingerprint density at radius 2 is 1.94 bits per heavy atom. The summed E-state index contributed by atoms with van der Waals surface area (Å²) >= 11 is 0. The summed E-state index contributed by atoms with van der Waals surface area (Å²) in [5, 5.41) is 0. The van der Waals surface area contributed by atoms with Gasteiger partial charge in [0.2, 0.25) is 0 Å². The van der Waals surface area contributed by atoms with E-state index in [1.807, 2.05) is 0 Å². The summed E-state index contributed by atoms with van der Waals surface area (Å²) < 4.78 is 51.0. The third-order valence-corrected chi connectivity index (χ3v) is 2.49. The molecule has 0 spiro atoms. The largest absolute Gasteiger partial charge is 0.418 e. The summed E-state index contributed by atoms with van der Waals surface area (Å²) in [6, 6.07) is 1.14. The second kappa shape index (κ2) is 3.65. The summed E-state index contributed by atoms with van der Waals surface area (Å²) in [6.45, 7) is 1.49. The number of aliphatic imine (C=N–C) groups is 1. The third-order valence-electron chi connectivity index (χ3n) is 2.49. The van der Waals surface area contributed by atoms with Gasteiger partial charge in [-0.3, -0.25) is 9.79 Å². The number of Topliss-reactive ketones (excluding diaryl/α,β-unsaturated/α-hetero) is 1. The predicted molar refractivity (Wildman–Crippen MR) is 53.0 cm³/mol. The van der Waals surface area contributed by atoms with Crippen molar-refractivity contribution < 1.29 is 22.4 Å². The molecule has 1 unspecified atom stereocenters. The number of rotatable bonds is 0. The van der Waals surface area contributed by atoms with Crippen LogP contribution < -0.4 is 0 Å². The smallest absolute Gasteiger partial charge is 0.293 e. The number of carbonyl (C=O) groups is 1. The number of alkyl halides is 3. The lowest BCUT2D eigenvalue weighted by Gasteiger charge is -2.18. The van der Waals surface area contributed by atoms with Gasteiger partial charge in [0, 0.05) is 11.8 Å². The van der Waals surface area contributed by atoms with Gasteiger partial charge in [0.1, 0.15) is 5.82 Å². The monoisotopic (exact) mass is 245 g/mol. The molecule has 17 heavy (non-hydrogen) atoms. The fraction of sp³-hybridized carbons (Fsp3) is 0.273. The van der Waals surface area contributed by atoms with Gasteiger partial charge in [0.25, 0.3) is 0 Å². The molecule has 1 atom stereocenters. The first-order valence-electron chi connectivity index (χ1n) is 4.80. The number of ketones is 1. The number of halogens is 4. The van der Waals surface area contributed by atoms with Crippen LogP contribution in [-0.4, -0.2) is 12.0 Å². The lowest BCUT2D eigenvalue weighted by Crippen LogP contribution is -2.19. The number of hydrogen-bond donors (Lipinski definition) is 0. The molecule has 0 saturated carbocycles. The highest BCUT2D eigenvalue weighted by molar-refractivity contribution is 6.12. The SMILES string of the molecule is CC1C=Nc2c(cc(F)cc2C(F)(F)F)C1=O. The highest BCUT2D eigenvalue weighted by atomic mass is 19.4. The molecular formula is C11H7F4NO. The van der Waals surface area contributed by atoms with Crippen LogP contribution in [0.25, 0.3) is 0 Å². The molecule has 0 N–H and O–H groups in total. The first-order valence-corrected chi connectivity index (χ1v) is 4.80. The Morgan fingerprint density at radius 1 is 1.29 bits per heavy atom. The number of carbonyl (C=O) groups excluding carboxylic acids is 1. The molecule has 0 amide bonds. The molecule has 1 aromatic rings. The molecule has 0 fully saturated rings. The van der Waals surface area contributed by atoms with E-state index in [1.165, 1.54) is 6.92 Å². The second-order valence-corrected chi connectivity index (χ2v) is 3.78. The normalized spacial score (nSPS) is 19.4. The zero-order valence-electron chi connectivity index (χ0n) is 8.68. The molecule has 1 aromatic carbocycles. The Hall–Kier alpha value is -1.72. The molecule has 0 aliphatic carbocycles. The van der Waals surface area contributed by atoms with Crippen LogP contribution in [0.3, 0.4) is 0 Å². The lowest BCUT2D eigenvalue weighted by molar-refractivity contribution is -0.137. The van der Waals surface area contributed by atoms with E-state index in [9.17, 15) is 22.4 Å². The third kappa shape index (κ3) is 1.94. The standard InChI is InChI=1S/C11H7F4NO/c1-5-4-16-9-7(10(5)17)2-6(12)3-8(9)11(13,14)15/h2-5H,1H3. The van der Waals surface area contributed by atoms with Crippen molar-refractivity contribution in [3.63, 3.8) is 0 Å². The summed E-state index contributed by atoms with van der Waals surface area (Å²) in [6.07, 6.45) is -3.60. The van der Waals surface area contributed by atoms with Crippen LogP contribution in [-0.2, 0) is 6.18 Å². The summed E-state index contributed by atoms with van der Waals surface area (Å²) in [7, 11) is 0. The van der Waals surface area contributed by atoms with Gasteiger partial charge in [0.05, 0.1) is 17.2 Å². The minimum absolute atomic E-state index is 0.313. The molecule has 0 radical (unpaired) electrons. The van der Waals surface area contributed by atoms with Gasteiger partial charge >= 0.3 is 6.18 Å². The zero-order valence-corrected chi connectivity index (χ0v) is 8.68.